The van der Waals surface area contributed by atoms with Crippen molar-refractivity contribution in [1.29, 1.82) is 0 Å². The summed E-state index contributed by atoms with van der Waals surface area (Å²) in [6, 6.07) is 9.76. The van der Waals surface area contributed by atoms with E-state index in [1.54, 1.807) is 6.20 Å². The Labute approximate surface area is 101 Å². The molecule has 0 saturated carbocycles. The monoisotopic (exact) mass is 228 g/mol. The van der Waals surface area contributed by atoms with Crippen molar-refractivity contribution in [2.75, 3.05) is 12.4 Å². The van der Waals surface area contributed by atoms with Gasteiger partial charge in [0, 0.05) is 18.9 Å². The fourth-order valence-corrected chi connectivity index (χ4v) is 1.68. The molecule has 1 aromatic heterocycles. The van der Waals surface area contributed by atoms with Crippen LogP contribution in [0.25, 0.3) is 0 Å². The predicted molar refractivity (Wildman–Crippen MR) is 69.8 cm³/mol. The van der Waals surface area contributed by atoms with Gasteiger partial charge < -0.3 is 10.1 Å². The molecule has 0 fully saturated rings. The first kappa shape index (κ1) is 11.5. The highest BCUT2D eigenvalue weighted by Gasteiger charge is 2.03. The lowest BCUT2D eigenvalue weighted by molar-refractivity contribution is 0.475. The van der Waals surface area contributed by atoms with Gasteiger partial charge in [-0.05, 0) is 49.7 Å². The van der Waals surface area contributed by atoms with Crippen molar-refractivity contribution in [2.24, 2.45) is 0 Å². The molecule has 0 radical (unpaired) electrons. The summed E-state index contributed by atoms with van der Waals surface area (Å²) in [5.74, 6) is 1.63. The summed E-state index contributed by atoms with van der Waals surface area (Å²) in [4.78, 5) is 4.19. The standard InChI is InChI=1S/C14H16N2O/c1-10-9-12(6-7-13(10)15-3)17-14-5-4-8-16-11(14)2/h4-9,15H,1-3H3. The Kier molecular flexibility index (Phi) is 3.28. The van der Waals surface area contributed by atoms with Crippen molar-refractivity contribution in [1.82, 2.24) is 4.98 Å². The van der Waals surface area contributed by atoms with E-state index in [1.165, 1.54) is 0 Å². The van der Waals surface area contributed by atoms with Gasteiger partial charge in [0.25, 0.3) is 0 Å². The lowest BCUT2D eigenvalue weighted by Gasteiger charge is -2.10. The van der Waals surface area contributed by atoms with Gasteiger partial charge >= 0.3 is 0 Å². The molecule has 0 bridgehead atoms. The fourth-order valence-electron chi connectivity index (χ4n) is 1.68. The van der Waals surface area contributed by atoms with Gasteiger partial charge in [0.1, 0.15) is 11.5 Å². The van der Waals surface area contributed by atoms with Gasteiger partial charge in [-0.1, -0.05) is 0 Å². The number of ether oxygens (including phenoxy) is 1. The van der Waals surface area contributed by atoms with Crippen molar-refractivity contribution < 1.29 is 4.74 Å². The van der Waals surface area contributed by atoms with Gasteiger partial charge in [-0.3, -0.25) is 4.98 Å². The van der Waals surface area contributed by atoms with Crippen LogP contribution in [0.4, 0.5) is 5.69 Å². The number of benzene rings is 1. The molecule has 1 N–H and O–H groups in total. The van der Waals surface area contributed by atoms with Crippen LogP contribution in [0.15, 0.2) is 36.5 Å². The summed E-state index contributed by atoms with van der Waals surface area (Å²) in [6.07, 6.45) is 1.76. The van der Waals surface area contributed by atoms with E-state index < -0.39 is 0 Å². The molecular weight excluding hydrogens is 212 g/mol. The molecule has 0 unspecified atom stereocenters. The van der Waals surface area contributed by atoms with Crippen LogP contribution >= 0.6 is 0 Å². The van der Waals surface area contributed by atoms with Crippen LogP contribution in [0.5, 0.6) is 11.5 Å². The number of nitrogens with zero attached hydrogens (tertiary/aromatic N) is 1. The Morgan fingerprint density at radius 3 is 2.65 bits per heavy atom. The molecule has 0 amide bonds. The summed E-state index contributed by atoms with van der Waals surface area (Å²) in [5.41, 5.74) is 3.16. The molecule has 17 heavy (non-hydrogen) atoms. The van der Waals surface area contributed by atoms with Crippen molar-refractivity contribution in [3.8, 4) is 11.5 Å². The maximum absolute atomic E-state index is 5.80. The molecule has 0 saturated heterocycles. The SMILES string of the molecule is CNc1ccc(Oc2cccnc2C)cc1C. The summed E-state index contributed by atoms with van der Waals surface area (Å²) in [7, 11) is 1.91. The number of hydrogen-bond donors (Lipinski definition) is 1. The van der Waals surface area contributed by atoms with Crippen LogP contribution in [0.1, 0.15) is 11.3 Å². The van der Waals surface area contributed by atoms with E-state index in [-0.39, 0.29) is 0 Å². The molecule has 0 spiro atoms. The first-order valence-corrected chi connectivity index (χ1v) is 5.58. The van der Waals surface area contributed by atoms with E-state index in [2.05, 4.69) is 17.2 Å². The molecule has 0 atom stereocenters. The first-order valence-electron chi connectivity index (χ1n) is 5.58. The molecule has 0 aliphatic heterocycles. The van der Waals surface area contributed by atoms with Crippen LogP contribution in [-0.4, -0.2) is 12.0 Å². The van der Waals surface area contributed by atoms with Crippen molar-refractivity contribution in [2.45, 2.75) is 13.8 Å². The first-order chi connectivity index (χ1) is 8.20. The van der Waals surface area contributed by atoms with Crippen LogP contribution in [0.2, 0.25) is 0 Å². The Balaban J connectivity index is 2.25. The van der Waals surface area contributed by atoms with Crippen LogP contribution in [0, 0.1) is 13.8 Å². The molecule has 2 aromatic rings. The van der Waals surface area contributed by atoms with Gasteiger partial charge in [-0.25, -0.2) is 0 Å². The van der Waals surface area contributed by atoms with Gasteiger partial charge in [-0.2, -0.15) is 0 Å². The zero-order chi connectivity index (χ0) is 12.3. The Bertz CT molecular complexity index is 523. The maximum atomic E-state index is 5.80. The number of nitrogens with one attached hydrogen (secondary N) is 1. The van der Waals surface area contributed by atoms with Crippen molar-refractivity contribution >= 4 is 5.69 Å². The summed E-state index contributed by atoms with van der Waals surface area (Å²) in [5, 5.41) is 3.13. The normalized spacial score (nSPS) is 10.1. The zero-order valence-corrected chi connectivity index (χ0v) is 10.3. The summed E-state index contributed by atoms with van der Waals surface area (Å²) >= 11 is 0. The maximum Gasteiger partial charge on any atom is 0.148 e. The second kappa shape index (κ2) is 4.87. The van der Waals surface area contributed by atoms with Gasteiger partial charge in [0.05, 0.1) is 5.69 Å². The average Bonchev–Trinajstić information content (AvgIpc) is 2.32. The summed E-state index contributed by atoms with van der Waals surface area (Å²) in [6.45, 7) is 3.99. The Morgan fingerprint density at radius 2 is 2.00 bits per heavy atom. The smallest absolute Gasteiger partial charge is 0.148 e. The molecule has 3 heteroatoms. The lowest BCUT2D eigenvalue weighted by Crippen LogP contribution is -1.93. The second-order valence-corrected chi connectivity index (χ2v) is 3.92. The zero-order valence-electron chi connectivity index (χ0n) is 10.3. The minimum atomic E-state index is 0.795. The van der Waals surface area contributed by atoms with Crippen molar-refractivity contribution in [3.05, 3.63) is 47.8 Å². The van der Waals surface area contributed by atoms with Crippen molar-refractivity contribution in [3.63, 3.8) is 0 Å². The number of aromatic nitrogens is 1. The average molecular weight is 228 g/mol. The Morgan fingerprint density at radius 1 is 1.18 bits per heavy atom. The molecule has 1 heterocycles. The second-order valence-electron chi connectivity index (χ2n) is 3.92. The van der Waals surface area contributed by atoms with E-state index in [1.807, 2.05) is 44.3 Å². The quantitative estimate of drug-likeness (QED) is 0.872. The van der Waals surface area contributed by atoms with Crippen LogP contribution < -0.4 is 10.1 Å². The number of pyridine rings is 1. The lowest BCUT2D eigenvalue weighted by atomic mass is 10.2. The predicted octanol–water partition coefficient (Wildman–Crippen LogP) is 3.53. The van der Waals surface area contributed by atoms with E-state index in [9.17, 15) is 0 Å². The highest BCUT2D eigenvalue weighted by Crippen LogP contribution is 2.26. The minimum absolute atomic E-state index is 0.795. The van der Waals surface area contributed by atoms with E-state index in [4.69, 9.17) is 4.74 Å². The molecular formula is C14H16N2O. The fraction of sp³-hybridized carbons (Fsp3) is 0.214. The minimum Gasteiger partial charge on any atom is -0.455 e. The highest BCUT2D eigenvalue weighted by molar-refractivity contribution is 5.53. The molecule has 88 valence electrons. The largest absolute Gasteiger partial charge is 0.455 e. The summed E-state index contributed by atoms with van der Waals surface area (Å²) < 4.78 is 5.80. The Hall–Kier alpha value is -2.03. The van der Waals surface area contributed by atoms with E-state index in [0.717, 1.165) is 28.4 Å². The highest BCUT2D eigenvalue weighted by atomic mass is 16.5. The van der Waals surface area contributed by atoms with Gasteiger partial charge in [0.2, 0.25) is 0 Å². The number of rotatable bonds is 3. The van der Waals surface area contributed by atoms with E-state index in [0.29, 0.717) is 0 Å². The molecule has 1 aromatic carbocycles. The molecule has 2 rings (SSSR count). The van der Waals surface area contributed by atoms with Crippen LogP contribution in [0.3, 0.4) is 0 Å². The van der Waals surface area contributed by atoms with Gasteiger partial charge in [-0.15, -0.1) is 0 Å². The number of hydrogen-bond acceptors (Lipinski definition) is 3. The molecule has 3 nitrogen and oxygen atoms in total. The van der Waals surface area contributed by atoms with E-state index >= 15 is 0 Å². The topological polar surface area (TPSA) is 34.1 Å². The van der Waals surface area contributed by atoms with Crippen LogP contribution in [-0.2, 0) is 0 Å². The number of aryl methyl sites for hydroxylation is 2. The molecule has 0 aliphatic rings. The van der Waals surface area contributed by atoms with Gasteiger partial charge in [0.15, 0.2) is 0 Å². The third-order valence-corrected chi connectivity index (χ3v) is 2.65. The third kappa shape index (κ3) is 2.56. The third-order valence-electron chi connectivity index (χ3n) is 2.65. The number of anilines is 1. The molecule has 0 aliphatic carbocycles.